The summed E-state index contributed by atoms with van der Waals surface area (Å²) < 4.78 is 0. The summed E-state index contributed by atoms with van der Waals surface area (Å²) in [6.45, 7) is 0. The van der Waals surface area contributed by atoms with Crippen molar-refractivity contribution in [2.75, 3.05) is 5.73 Å². The normalized spacial score (nSPS) is 10.9. The van der Waals surface area contributed by atoms with Gasteiger partial charge in [0.1, 0.15) is 0 Å². The first-order chi connectivity index (χ1) is 10.8. The Labute approximate surface area is 131 Å². The second-order valence-corrected chi connectivity index (χ2v) is 5.86. The van der Waals surface area contributed by atoms with E-state index in [-0.39, 0.29) is 0 Å². The zero-order valence-corrected chi connectivity index (χ0v) is 12.4. The van der Waals surface area contributed by atoms with Crippen LogP contribution in [0.4, 0.5) is 5.13 Å². The van der Waals surface area contributed by atoms with Crippen LogP contribution in [0.2, 0.25) is 0 Å². The molecule has 106 valence electrons. The minimum Gasteiger partial charge on any atom is -0.375 e. The third-order valence-corrected chi connectivity index (χ3v) is 4.35. The average Bonchev–Trinajstić information content (AvgIpc) is 2.97. The summed E-state index contributed by atoms with van der Waals surface area (Å²) in [6, 6.07) is 15.9. The first kappa shape index (κ1) is 12.9. The molecule has 0 radical (unpaired) electrons. The minimum atomic E-state index is 0.551. The third kappa shape index (κ3) is 2.12. The van der Waals surface area contributed by atoms with Gasteiger partial charge < -0.3 is 5.73 Å². The average molecular weight is 304 g/mol. The van der Waals surface area contributed by atoms with E-state index in [0.717, 1.165) is 32.7 Å². The van der Waals surface area contributed by atoms with Gasteiger partial charge in [0.05, 0.1) is 21.6 Å². The molecule has 4 rings (SSSR count). The van der Waals surface area contributed by atoms with Gasteiger partial charge in [0.2, 0.25) is 0 Å². The van der Waals surface area contributed by atoms with Gasteiger partial charge >= 0.3 is 0 Å². The lowest BCUT2D eigenvalue weighted by molar-refractivity contribution is 1.34. The second kappa shape index (κ2) is 5.20. The summed E-state index contributed by atoms with van der Waals surface area (Å²) in [5.74, 6) is 0. The van der Waals surface area contributed by atoms with Gasteiger partial charge in [-0.25, -0.2) is 4.98 Å². The van der Waals surface area contributed by atoms with Crippen LogP contribution in [0.25, 0.3) is 32.7 Å². The smallest absolute Gasteiger partial charge is 0.181 e. The lowest BCUT2D eigenvalue weighted by Gasteiger charge is -2.05. The van der Waals surface area contributed by atoms with Gasteiger partial charge in [0, 0.05) is 23.5 Å². The molecule has 0 saturated carbocycles. The summed E-state index contributed by atoms with van der Waals surface area (Å²) >= 11 is 1.48. The highest BCUT2D eigenvalue weighted by Gasteiger charge is 2.16. The van der Waals surface area contributed by atoms with E-state index in [1.54, 1.807) is 12.4 Å². The lowest BCUT2D eigenvalue weighted by atomic mass is 10.1. The van der Waals surface area contributed by atoms with Crippen LogP contribution in [0.5, 0.6) is 0 Å². The summed E-state index contributed by atoms with van der Waals surface area (Å²) in [4.78, 5) is 14.4. The van der Waals surface area contributed by atoms with E-state index in [9.17, 15) is 0 Å². The molecule has 22 heavy (non-hydrogen) atoms. The highest BCUT2D eigenvalue weighted by Crippen LogP contribution is 2.39. The number of pyridine rings is 2. The number of hydrogen-bond donors (Lipinski definition) is 1. The molecule has 4 aromatic rings. The first-order valence-corrected chi connectivity index (χ1v) is 7.66. The van der Waals surface area contributed by atoms with E-state index in [1.165, 1.54) is 11.3 Å². The predicted molar refractivity (Wildman–Crippen MR) is 90.5 cm³/mol. The fourth-order valence-corrected chi connectivity index (χ4v) is 3.35. The molecule has 0 bridgehead atoms. The Morgan fingerprint density at radius 1 is 0.864 bits per heavy atom. The molecule has 3 heterocycles. The van der Waals surface area contributed by atoms with Crippen molar-refractivity contribution < 1.29 is 0 Å². The summed E-state index contributed by atoms with van der Waals surface area (Å²) in [7, 11) is 0. The van der Waals surface area contributed by atoms with Crippen LogP contribution in [-0.4, -0.2) is 15.0 Å². The Bertz CT molecular complexity index is 942. The number of rotatable bonds is 2. The molecule has 0 saturated heterocycles. The van der Waals surface area contributed by atoms with Crippen molar-refractivity contribution in [1.29, 1.82) is 0 Å². The van der Waals surface area contributed by atoms with E-state index in [1.807, 2.05) is 48.5 Å². The minimum absolute atomic E-state index is 0.551. The van der Waals surface area contributed by atoms with Crippen LogP contribution >= 0.6 is 11.3 Å². The van der Waals surface area contributed by atoms with Crippen molar-refractivity contribution in [1.82, 2.24) is 15.0 Å². The number of nitrogen functional groups attached to an aromatic ring is 1. The molecule has 0 amide bonds. The fourth-order valence-electron chi connectivity index (χ4n) is 2.47. The SMILES string of the molecule is Nc1nc(-c2ccccc2)c(-c2ccnc3cccnc23)s1. The Morgan fingerprint density at radius 3 is 2.59 bits per heavy atom. The number of fused-ring (bicyclic) bond motifs is 1. The molecule has 0 aliphatic heterocycles. The van der Waals surface area contributed by atoms with Gasteiger partial charge in [-0.2, -0.15) is 0 Å². The monoisotopic (exact) mass is 304 g/mol. The van der Waals surface area contributed by atoms with E-state index in [0.29, 0.717) is 5.13 Å². The van der Waals surface area contributed by atoms with Gasteiger partial charge in [-0.15, -0.1) is 0 Å². The molecule has 2 N–H and O–H groups in total. The Kier molecular flexibility index (Phi) is 3.05. The first-order valence-electron chi connectivity index (χ1n) is 6.85. The van der Waals surface area contributed by atoms with Crippen molar-refractivity contribution in [3.05, 3.63) is 60.9 Å². The highest BCUT2D eigenvalue weighted by molar-refractivity contribution is 7.19. The predicted octanol–water partition coefficient (Wildman–Crippen LogP) is 4.00. The number of aromatic nitrogens is 3. The van der Waals surface area contributed by atoms with E-state index in [4.69, 9.17) is 5.73 Å². The van der Waals surface area contributed by atoms with Gasteiger partial charge in [-0.1, -0.05) is 41.7 Å². The maximum Gasteiger partial charge on any atom is 0.181 e. The molecular weight excluding hydrogens is 292 g/mol. The summed E-state index contributed by atoms with van der Waals surface area (Å²) in [6.07, 6.45) is 3.57. The van der Waals surface area contributed by atoms with Gasteiger partial charge in [0.15, 0.2) is 5.13 Å². The molecular formula is C17H12N4S. The largest absolute Gasteiger partial charge is 0.375 e. The van der Waals surface area contributed by atoms with Crippen LogP contribution in [0.1, 0.15) is 0 Å². The molecule has 5 heteroatoms. The molecule has 0 aliphatic carbocycles. The van der Waals surface area contributed by atoms with Gasteiger partial charge in [-0.05, 0) is 18.2 Å². The fraction of sp³-hybridized carbons (Fsp3) is 0. The van der Waals surface area contributed by atoms with Crippen LogP contribution in [0.15, 0.2) is 60.9 Å². The quantitative estimate of drug-likeness (QED) is 0.608. The highest BCUT2D eigenvalue weighted by atomic mass is 32.1. The lowest BCUT2D eigenvalue weighted by Crippen LogP contribution is -1.88. The van der Waals surface area contributed by atoms with Crippen LogP contribution in [-0.2, 0) is 0 Å². The second-order valence-electron chi connectivity index (χ2n) is 4.83. The zero-order chi connectivity index (χ0) is 14.9. The van der Waals surface area contributed by atoms with Crippen molar-refractivity contribution in [3.63, 3.8) is 0 Å². The summed E-state index contributed by atoms with van der Waals surface area (Å²) in [5, 5.41) is 0.551. The van der Waals surface area contributed by atoms with Crippen LogP contribution in [0.3, 0.4) is 0 Å². The van der Waals surface area contributed by atoms with Gasteiger partial charge in [-0.3, -0.25) is 9.97 Å². The molecule has 0 atom stereocenters. The van der Waals surface area contributed by atoms with Crippen molar-refractivity contribution in [2.45, 2.75) is 0 Å². The molecule has 1 aromatic carbocycles. The molecule has 4 nitrogen and oxygen atoms in total. The van der Waals surface area contributed by atoms with E-state index >= 15 is 0 Å². The number of anilines is 1. The molecule has 0 fully saturated rings. The molecule has 0 aliphatic rings. The van der Waals surface area contributed by atoms with Crippen LogP contribution < -0.4 is 5.73 Å². The molecule has 0 spiro atoms. The maximum absolute atomic E-state index is 5.97. The number of nitrogens with zero attached hydrogens (tertiary/aromatic N) is 3. The number of nitrogens with two attached hydrogens (primary N) is 1. The van der Waals surface area contributed by atoms with Crippen molar-refractivity contribution in [2.24, 2.45) is 0 Å². The van der Waals surface area contributed by atoms with Gasteiger partial charge in [0.25, 0.3) is 0 Å². The van der Waals surface area contributed by atoms with Crippen LogP contribution in [0, 0.1) is 0 Å². The van der Waals surface area contributed by atoms with E-state index in [2.05, 4.69) is 15.0 Å². The number of hydrogen-bond acceptors (Lipinski definition) is 5. The van der Waals surface area contributed by atoms with Crippen molar-refractivity contribution >= 4 is 27.5 Å². The number of benzene rings is 1. The Balaban J connectivity index is 2.00. The van der Waals surface area contributed by atoms with Crippen molar-refractivity contribution in [3.8, 4) is 21.7 Å². The Morgan fingerprint density at radius 2 is 1.73 bits per heavy atom. The zero-order valence-electron chi connectivity index (χ0n) is 11.6. The Hall–Kier alpha value is -2.79. The number of thiazole rings is 1. The topological polar surface area (TPSA) is 64.7 Å². The summed E-state index contributed by atoms with van der Waals surface area (Å²) in [5.41, 5.74) is 10.7. The molecule has 0 unspecified atom stereocenters. The maximum atomic E-state index is 5.97. The van der Waals surface area contributed by atoms with E-state index < -0.39 is 0 Å². The standard InChI is InChI=1S/C17H12N4S/c18-17-21-14(11-5-2-1-3-6-11)16(22-17)12-8-10-19-13-7-4-9-20-15(12)13/h1-10H,(H2,18,21). The molecule has 3 aromatic heterocycles. The third-order valence-electron chi connectivity index (χ3n) is 3.43.